The van der Waals surface area contributed by atoms with Crippen LogP contribution >= 0.6 is 0 Å². The standard InChI is InChI=1S/C20H26.C19H21F3.C19H24.C18H19F3.C18H22.C15H16.C13H12/c1-14-11-19(12-15(2)16(14)3)18-9-7-17(8-10-18)13-20(4,5)6;1-13-5-8-17(11-14(13)2)16-9-6-15(7-10-16)12-18(3,4)19(20,21)22;1-14-6-9-18(12-15(14)2)17-10-7-16(8-11-17)13-19(3,4)5;1-13-4-8-15(9-5-13)16-10-6-14(7-11-16)12-17(2,3)18(19,20)21;1-14-5-9-16(10-6-14)17-11-7-15(8-12-17)13-18(2,3)4;1-11-9-15(10-12(2)13(11)3)14-7-5-4-6-8-14;1-11-7-9-13(10-8-11)12-5-3-2-4-6-12/h7-12H,13H2,1-6H3;5-11H,12H2,1-4H3;6-12H,13H2,1-5H3;4-11H,12H2,1-3H3;5-12H,13H2,1-4H3;4-10H,1-3H3;2-10H,1H3. The Hall–Kier alpha value is -11.3. The summed E-state index contributed by atoms with van der Waals surface area (Å²) in [6.07, 6.45) is -5.03. The molecule has 128 heavy (non-hydrogen) atoms. The van der Waals surface area contributed by atoms with Crippen molar-refractivity contribution in [1.29, 1.82) is 0 Å². The van der Waals surface area contributed by atoms with E-state index in [0.717, 1.165) is 41.5 Å². The number of hydrogen-bond acceptors (Lipinski definition) is 0. The average Bonchev–Trinajstić information content (AvgIpc) is 0.829. The monoisotopic (exact) mass is 1720 g/mol. The van der Waals surface area contributed by atoms with Crippen molar-refractivity contribution in [1.82, 2.24) is 0 Å². The van der Waals surface area contributed by atoms with E-state index < -0.39 is 23.2 Å². The number of rotatable bonds is 14. The number of benzene rings is 14. The Morgan fingerprint density at radius 3 is 0.547 bits per heavy atom. The minimum absolute atomic E-state index is 0.00925. The molecule has 0 radical (unpaired) electrons. The highest BCUT2D eigenvalue weighted by Gasteiger charge is 2.48. The molecule has 14 rings (SSSR count). The van der Waals surface area contributed by atoms with Crippen molar-refractivity contribution < 1.29 is 26.3 Å². The molecule has 0 amide bonds. The van der Waals surface area contributed by atoms with Gasteiger partial charge in [-0.1, -0.05) is 422 Å². The predicted octanol–water partition coefficient (Wildman–Crippen LogP) is 36.5. The van der Waals surface area contributed by atoms with Crippen LogP contribution in [0.4, 0.5) is 26.3 Å². The van der Waals surface area contributed by atoms with Gasteiger partial charge in [0.2, 0.25) is 0 Å². The highest BCUT2D eigenvalue weighted by molar-refractivity contribution is 5.71. The normalized spacial score (nSPS) is 11.6. The Bertz CT molecular complexity index is 5720. The first-order chi connectivity index (χ1) is 59.9. The lowest BCUT2D eigenvalue weighted by Gasteiger charge is -2.27. The van der Waals surface area contributed by atoms with E-state index in [-0.39, 0.29) is 12.8 Å². The zero-order chi connectivity index (χ0) is 94.3. The molecule has 0 aliphatic heterocycles. The molecule has 0 aromatic heterocycles. The fraction of sp³-hybridized carbons (Fsp3) is 0.311. The number of halogens is 6. The van der Waals surface area contributed by atoms with Gasteiger partial charge in [0.25, 0.3) is 0 Å². The maximum atomic E-state index is 12.9. The molecule has 14 aromatic carbocycles. The highest BCUT2D eigenvalue weighted by Crippen LogP contribution is 2.43. The maximum Gasteiger partial charge on any atom is 0.394 e. The summed E-state index contributed by atoms with van der Waals surface area (Å²) in [6, 6.07) is 110. The van der Waals surface area contributed by atoms with Gasteiger partial charge in [-0.05, 0) is 300 Å². The van der Waals surface area contributed by atoms with E-state index >= 15 is 0 Å². The molecule has 670 valence electrons. The van der Waals surface area contributed by atoms with Gasteiger partial charge in [-0.15, -0.1) is 0 Å². The molecular formula is C122H140F6. The van der Waals surface area contributed by atoms with Crippen LogP contribution in [0.3, 0.4) is 0 Å². The zero-order valence-corrected chi connectivity index (χ0v) is 81.3. The quantitative estimate of drug-likeness (QED) is 0.0952. The Labute approximate surface area is 766 Å². The summed E-state index contributed by atoms with van der Waals surface area (Å²) < 4.78 is 77.5. The minimum Gasteiger partial charge on any atom is -0.171 e. The van der Waals surface area contributed by atoms with Crippen molar-refractivity contribution in [2.45, 2.75) is 224 Å². The third-order valence-corrected chi connectivity index (χ3v) is 23.7. The van der Waals surface area contributed by atoms with E-state index in [2.05, 4.69) is 376 Å². The molecule has 0 atom stereocenters. The average molecular weight is 1720 g/mol. The van der Waals surface area contributed by atoms with Crippen molar-refractivity contribution in [3.63, 3.8) is 0 Å². The van der Waals surface area contributed by atoms with Gasteiger partial charge in [0.1, 0.15) is 0 Å². The summed E-state index contributed by atoms with van der Waals surface area (Å²) in [5.41, 5.74) is 37.7. The topological polar surface area (TPSA) is 0 Å². The maximum absolute atomic E-state index is 12.9. The van der Waals surface area contributed by atoms with Crippen LogP contribution in [0.2, 0.25) is 0 Å². The molecule has 0 unspecified atom stereocenters. The second kappa shape index (κ2) is 45.1. The summed E-state index contributed by atoms with van der Waals surface area (Å²) in [6.45, 7) is 53.3. The molecule has 0 aliphatic carbocycles. The number of alkyl halides is 6. The Morgan fingerprint density at radius 1 is 0.164 bits per heavy atom. The van der Waals surface area contributed by atoms with Crippen molar-refractivity contribution >= 4 is 0 Å². The van der Waals surface area contributed by atoms with E-state index in [1.54, 1.807) is 24.3 Å². The van der Waals surface area contributed by atoms with Crippen LogP contribution in [0, 0.1) is 117 Å². The lowest BCUT2D eigenvalue weighted by atomic mass is 9.84. The second-order valence-electron chi connectivity index (χ2n) is 40.2. The van der Waals surface area contributed by atoms with E-state index in [1.165, 1.54) is 172 Å². The molecular weight excluding hydrogens is 1580 g/mol. The van der Waals surface area contributed by atoms with E-state index in [1.807, 2.05) is 67.6 Å². The SMILES string of the molecule is Cc1cc(-c2ccc(CC(C)(C)C)cc2)cc(C)c1C.Cc1cc(-c2ccccc2)cc(C)c1C.Cc1ccc(-c2ccc(CC(C)(C)C(F)(F)F)cc2)cc1.Cc1ccc(-c2ccc(CC(C)(C)C(F)(F)F)cc2)cc1C.Cc1ccc(-c2ccc(CC(C)(C)C)cc2)cc1.Cc1ccc(-c2ccc(CC(C)(C)C)cc2)cc1C.Cc1ccc(-c2ccccc2)cc1. The number of hydrogen-bond donors (Lipinski definition) is 0. The van der Waals surface area contributed by atoms with Gasteiger partial charge in [-0.25, -0.2) is 0 Å². The largest absolute Gasteiger partial charge is 0.394 e. The molecule has 0 saturated heterocycles. The first kappa shape index (κ1) is 102. The molecule has 0 saturated carbocycles. The molecule has 0 aliphatic rings. The summed E-state index contributed by atoms with van der Waals surface area (Å²) in [5, 5.41) is 0. The first-order valence-corrected chi connectivity index (χ1v) is 45.1. The van der Waals surface area contributed by atoms with Crippen LogP contribution in [0.1, 0.15) is 190 Å². The van der Waals surface area contributed by atoms with Crippen LogP contribution in [-0.4, -0.2) is 12.4 Å². The molecule has 0 N–H and O–H groups in total. The molecule has 0 bridgehead atoms. The fourth-order valence-corrected chi connectivity index (χ4v) is 14.9. The van der Waals surface area contributed by atoms with Gasteiger partial charge >= 0.3 is 12.4 Å². The van der Waals surface area contributed by atoms with Crippen LogP contribution in [0.5, 0.6) is 0 Å². The Balaban J connectivity index is 0.000000185. The fourth-order valence-electron chi connectivity index (χ4n) is 14.9. The minimum atomic E-state index is -4.19. The zero-order valence-electron chi connectivity index (χ0n) is 81.3. The lowest BCUT2D eigenvalue weighted by molar-refractivity contribution is -0.211. The third-order valence-electron chi connectivity index (χ3n) is 23.7. The predicted molar refractivity (Wildman–Crippen MR) is 541 cm³/mol. The van der Waals surface area contributed by atoms with Crippen LogP contribution in [-0.2, 0) is 32.1 Å². The molecule has 0 fully saturated rings. The van der Waals surface area contributed by atoms with Gasteiger partial charge in [0.05, 0.1) is 10.8 Å². The Morgan fingerprint density at radius 2 is 0.336 bits per heavy atom. The van der Waals surface area contributed by atoms with Crippen molar-refractivity contribution in [2.24, 2.45) is 27.1 Å². The van der Waals surface area contributed by atoms with E-state index in [9.17, 15) is 26.3 Å². The Kier molecular flexibility index (Phi) is 35.9. The van der Waals surface area contributed by atoms with Gasteiger partial charge < -0.3 is 0 Å². The molecule has 0 heterocycles. The lowest BCUT2D eigenvalue weighted by Crippen LogP contribution is -2.34. The van der Waals surface area contributed by atoms with Crippen molar-refractivity contribution in [3.05, 3.63) is 416 Å². The van der Waals surface area contributed by atoms with Crippen LogP contribution in [0.25, 0.3) is 77.9 Å². The molecule has 0 spiro atoms. The molecule has 0 nitrogen and oxygen atoms in total. The van der Waals surface area contributed by atoms with Crippen LogP contribution < -0.4 is 0 Å². The number of aryl methyl sites for hydroxylation is 11. The van der Waals surface area contributed by atoms with Crippen molar-refractivity contribution in [3.8, 4) is 77.9 Å². The smallest absolute Gasteiger partial charge is 0.171 e. The van der Waals surface area contributed by atoms with Crippen LogP contribution in [0.15, 0.2) is 315 Å². The molecule has 6 heteroatoms. The van der Waals surface area contributed by atoms with Gasteiger partial charge in [-0.2, -0.15) is 26.3 Å². The van der Waals surface area contributed by atoms with Crippen molar-refractivity contribution in [2.75, 3.05) is 0 Å². The van der Waals surface area contributed by atoms with Gasteiger partial charge in [-0.3, -0.25) is 0 Å². The first-order valence-electron chi connectivity index (χ1n) is 45.1. The highest BCUT2D eigenvalue weighted by atomic mass is 19.4. The summed E-state index contributed by atoms with van der Waals surface area (Å²) in [7, 11) is 0. The van der Waals surface area contributed by atoms with Gasteiger partial charge in [0.15, 0.2) is 0 Å². The summed E-state index contributed by atoms with van der Waals surface area (Å²) in [5.74, 6) is 0. The third kappa shape index (κ3) is 32.4. The van der Waals surface area contributed by atoms with Gasteiger partial charge in [0, 0.05) is 0 Å². The molecule has 14 aromatic rings. The van der Waals surface area contributed by atoms with E-state index in [4.69, 9.17) is 0 Å². The summed E-state index contributed by atoms with van der Waals surface area (Å²) >= 11 is 0. The summed E-state index contributed by atoms with van der Waals surface area (Å²) in [4.78, 5) is 0. The second-order valence-corrected chi connectivity index (χ2v) is 40.2. The van der Waals surface area contributed by atoms with E-state index in [0.29, 0.717) is 27.4 Å².